The first-order chi connectivity index (χ1) is 8.93. The number of likely N-dealkylation sites (tertiary alicyclic amines) is 1. The first-order valence-corrected chi connectivity index (χ1v) is 6.66. The summed E-state index contributed by atoms with van der Waals surface area (Å²) in [4.78, 5) is 2.15. The van der Waals surface area contributed by atoms with Gasteiger partial charge in [-0.3, -0.25) is 0 Å². The maximum Gasteiger partial charge on any atom is 0.387 e. The molecule has 1 aliphatic heterocycles. The summed E-state index contributed by atoms with van der Waals surface area (Å²) < 4.78 is 28.7. The lowest BCUT2D eigenvalue weighted by atomic mass is 10.0. The van der Waals surface area contributed by atoms with Crippen LogP contribution in [0.5, 0.6) is 0 Å². The van der Waals surface area contributed by atoms with E-state index >= 15 is 0 Å². The lowest BCUT2D eigenvalue weighted by Crippen LogP contribution is -2.24. The molecule has 0 radical (unpaired) electrons. The number of rotatable bonds is 6. The maximum atomic E-state index is 12.2. The average molecular weight is 269 g/mol. The Morgan fingerprint density at radius 3 is 2.32 bits per heavy atom. The first kappa shape index (κ1) is 14.1. The van der Waals surface area contributed by atoms with Crippen LogP contribution in [0.2, 0.25) is 0 Å². The smallest absolute Gasteiger partial charge is 0.387 e. The van der Waals surface area contributed by atoms with Crippen LogP contribution in [-0.4, -0.2) is 24.6 Å². The summed E-state index contributed by atoms with van der Waals surface area (Å²) in [5.74, 6) is 3.11. The van der Waals surface area contributed by atoms with Crippen LogP contribution in [0.15, 0.2) is 36.8 Å². The monoisotopic (exact) mass is 269 g/mol. The molecule has 2 atom stereocenters. The van der Waals surface area contributed by atoms with Crippen molar-refractivity contribution >= 4 is 0 Å². The second-order valence-electron chi connectivity index (χ2n) is 5.67. The van der Waals surface area contributed by atoms with Crippen molar-refractivity contribution in [1.82, 2.24) is 4.90 Å². The lowest BCUT2D eigenvalue weighted by molar-refractivity contribution is -0.0921. The molecule has 2 nitrogen and oxygen atoms in total. The zero-order valence-corrected chi connectivity index (χ0v) is 11.5. The van der Waals surface area contributed by atoms with E-state index in [-0.39, 0.29) is 5.76 Å². The van der Waals surface area contributed by atoms with Gasteiger partial charge < -0.3 is 9.64 Å². The molecule has 19 heavy (non-hydrogen) atoms. The maximum absolute atomic E-state index is 12.2. The second-order valence-corrected chi connectivity index (χ2v) is 5.67. The Labute approximate surface area is 113 Å². The second kappa shape index (κ2) is 5.35. The van der Waals surface area contributed by atoms with Gasteiger partial charge in [-0.2, -0.15) is 8.78 Å². The van der Waals surface area contributed by atoms with Gasteiger partial charge in [-0.25, -0.2) is 0 Å². The Bertz CT molecular complexity index is 391. The molecule has 0 spiro atoms. The van der Waals surface area contributed by atoms with Crippen molar-refractivity contribution in [3.8, 4) is 0 Å². The molecule has 0 aromatic heterocycles. The topological polar surface area (TPSA) is 12.5 Å². The highest BCUT2D eigenvalue weighted by Gasteiger charge is 2.56. The molecule has 2 rings (SSSR count). The minimum Gasteiger partial charge on any atom is -0.435 e. The standard InChI is InChI=1S/C15H21F2NO/c1-5-11(19-15(16)17)6-10(4)18-7-12-13(8-18)14(12)9(2)3/h5-6,9,12-15H,1,4,7-8H2,2-3H3/b11-6+. The third kappa shape index (κ3) is 2.99. The van der Waals surface area contributed by atoms with E-state index in [9.17, 15) is 8.78 Å². The molecule has 1 heterocycles. The zero-order valence-electron chi connectivity index (χ0n) is 11.5. The average Bonchev–Trinajstić information content (AvgIpc) is 2.84. The summed E-state index contributed by atoms with van der Waals surface area (Å²) in [6.07, 6.45) is 2.82. The van der Waals surface area contributed by atoms with Crippen LogP contribution in [-0.2, 0) is 4.74 Å². The predicted molar refractivity (Wildman–Crippen MR) is 71.4 cm³/mol. The Morgan fingerprint density at radius 2 is 1.89 bits per heavy atom. The lowest BCUT2D eigenvalue weighted by Gasteiger charge is -2.23. The normalized spacial score (nSPS) is 29.7. The Hall–Kier alpha value is -1.32. The van der Waals surface area contributed by atoms with E-state index in [1.807, 2.05) is 0 Å². The molecular weight excluding hydrogens is 248 g/mol. The molecule has 2 fully saturated rings. The highest BCUT2D eigenvalue weighted by molar-refractivity contribution is 5.25. The van der Waals surface area contributed by atoms with E-state index in [0.717, 1.165) is 42.5 Å². The molecular formula is C15H21F2NO. The van der Waals surface area contributed by atoms with E-state index in [1.165, 1.54) is 12.2 Å². The molecule has 0 aromatic carbocycles. The molecule has 0 N–H and O–H groups in total. The van der Waals surface area contributed by atoms with Crippen molar-refractivity contribution in [3.05, 3.63) is 36.8 Å². The predicted octanol–water partition coefficient (Wildman–Crippen LogP) is 3.64. The van der Waals surface area contributed by atoms with Gasteiger partial charge in [0.25, 0.3) is 0 Å². The van der Waals surface area contributed by atoms with E-state index < -0.39 is 6.61 Å². The largest absolute Gasteiger partial charge is 0.435 e. The summed E-state index contributed by atoms with van der Waals surface area (Å²) in [5, 5.41) is 0. The molecule has 106 valence electrons. The van der Waals surface area contributed by atoms with Crippen molar-refractivity contribution in [3.63, 3.8) is 0 Å². The van der Waals surface area contributed by atoms with Crippen molar-refractivity contribution in [2.45, 2.75) is 20.5 Å². The minimum atomic E-state index is -2.82. The number of hydrogen-bond acceptors (Lipinski definition) is 2. The number of fused-ring (bicyclic) bond motifs is 1. The van der Waals surface area contributed by atoms with Gasteiger partial charge in [0.2, 0.25) is 0 Å². The molecule has 1 saturated heterocycles. The quantitative estimate of drug-likeness (QED) is 0.539. The van der Waals surface area contributed by atoms with E-state index in [1.54, 1.807) is 0 Å². The van der Waals surface area contributed by atoms with E-state index in [2.05, 4.69) is 36.6 Å². The first-order valence-electron chi connectivity index (χ1n) is 6.66. The molecule has 0 bridgehead atoms. The highest BCUT2D eigenvalue weighted by Crippen LogP contribution is 2.56. The third-order valence-corrected chi connectivity index (χ3v) is 4.17. The number of allylic oxidation sites excluding steroid dienone is 2. The molecule has 2 unspecified atom stereocenters. The summed E-state index contributed by atoms with van der Waals surface area (Å²) >= 11 is 0. The van der Waals surface area contributed by atoms with Gasteiger partial charge >= 0.3 is 6.61 Å². The molecule has 1 saturated carbocycles. The molecule has 2 aliphatic rings. The van der Waals surface area contributed by atoms with Crippen LogP contribution in [0.25, 0.3) is 0 Å². The van der Waals surface area contributed by atoms with Crippen molar-refractivity contribution in [2.75, 3.05) is 13.1 Å². The van der Waals surface area contributed by atoms with Gasteiger partial charge in [0.1, 0.15) is 5.76 Å². The Balaban J connectivity index is 1.89. The van der Waals surface area contributed by atoms with Gasteiger partial charge in [-0.05, 0) is 29.7 Å². The summed E-state index contributed by atoms with van der Waals surface area (Å²) in [6, 6.07) is 0. The molecule has 0 amide bonds. The number of hydrogen-bond donors (Lipinski definition) is 0. The number of nitrogens with zero attached hydrogens (tertiary/aromatic N) is 1. The highest BCUT2D eigenvalue weighted by atomic mass is 19.3. The van der Waals surface area contributed by atoms with Crippen molar-refractivity contribution in [2.24, 2.45) is 23.7 Å². The van der Waals surface area contributed by atoms with Crippen LogP contribution in [0.4, 0.5) is 8.78 Å². The summed E-state index contributed by atoms with van der Waals surface area (Å²) in [6.45, 7) is 11.0. The van der Waals surface area contributed by atoms with Crippen molar-refractivity contribution < 1.29 is 13.5 Å². The fourth-order valence-electron chi connectivity index (χ4n) is 3.30. The van der Waals surface area contributed by atoms with Gasteiger partial charge in [0.05, 0.1) is 0 Å². The molecule has 0 aromatic rings. The number of piperidine rings is 1. The molecule has 4 heteroatoms. The van der Waals surface area contributed by atoms with Gasteiger partial charge in [-0.15, -0.1) is 0 Å². The van der Waals surface area contributed by atoms with E-state index in [0.29, 0.717) is 0 Å². The summed E-state index contributed by atoms with van der Waals surface area (Å²) in [5.41, 5.74) is 0.727. The number of alkyl halides is 2. The zero-order chi connectivity index (χ0) is 14.2. The van der Waals surface area contributed by atoms with Gasteiger partial charge in [0, 0.05) is 24.9 Å². The third-order valence-electron chi connectivity index (χ3n) is 4.17. The van der Waals surface area contributed by atoms with Crippen LogP contribution >= 0.6 is 0 Å². The van der Waals surface area contributed by atoms with E-state index in [4.69, 9.17) is 0 Å². The van der Waals surface area contributed by atoms with Crippen LogP contribution in [0, 0.1) is 23.7 Å². The van der Waals surface area contributed by atoms with Crippen LogP contribution in [0.1, 0.15) is 13.8 Å². The van der Waals surface area contributed by atoms with Gasteiger partial charge in [-0.1, -0.05) is 27.0 Å². The Morgan fingerprint density at radius 1 is 1.32 bits per heavy atom. The number of ether oxygens (including phenoxy) is 1. The number of halogens is 2. The molecule has 1 aliphatic carbocycles. The summed E-state index contributed by atoms with van der Waals surface area (Å²) in [7, 11) is 0. The fraction of sp³-hybridized carbons (Fsp3) is 0.600. The van der Waals surface area contributed by atoms with Gasteiger partial charge in [0.15, 0.2) is 0 Å². The fourth-order valence-corrected chi connectivity index (χ4v) is 3.30. The van der Waals surface area contributed by atoms with Crippen LogP contribution < -0.4 is 0 Å². The SMILES string of the molecule is C=C/C(=C\C(=C)N1CC2C(C1)C2C(C)C)OC(F)F. The minimum absolute atomic E-state index is 0.0704. The Kier molecular flexibility index (Phi) is 3.97. The van der Waals surface area contributed by atoms with Crippen molar-refractivity contribution in [1.29, 1.82) is 0 Å². The van der Waals surface area contributed by atoms with Crippen LogP contribution in [0.3, 0.4) is 0 Å².